The van der Waals surface area contributed by atoms with Gasteiger partial charge in [-0.2, -0.15) is 14.6 Å². The van der Waals surface area contributed by atoms with Gasteiger partial charge in [-0.25, -0.2) is 4.98 Å². The molecule has 3 heterocycles. The van der Waals surface area contributed by atoms with Crippen molar-refractivity contribution in [1.82, 2.24) is 19.6 Å². The predicted octanol–water partition coefficient (Wildman–Crippen LogP) is 2.33. The Morgan fingerprint density at radius 1 is 1.23 bits per heavy atom. The lowest BCUT2D eigenvalue weighted by molar-refractivity contribution is 0.174. The van der Waals surface area contributed by atoms with Crippen LogP contribution in [0.2, 0.25) is 0 Å². The normalized spacial score (nSPS) is 14.3. The lowest BCUT2D eigenvalue weighted by Gasteiger charge is -2.16. The lowest BCUT2D eigenvalue weighted by Crippen LogP contribution is -2.11. The molecule has 1 unspecified atom stereocenters. The van der Waals surface area contributed by atoms with Crippen LogP contribution in [0.3, 0.4) is 0 Å². The quantitative estimate of drug-likeness (QED) is 0.800. The zero-order valence-corrected chi connectivity index (χ0v) is 12.3. The molecule has 0 bridgehead atoms. The van der Waals surface area contributed by atoms with Crippen LogP contribution in [0.4, 0.5) is 5.82 Å². The lowest BCUT2D eigenvalue weighted by atomic mass is 10.1. The molecule has 1 aliphatic heterocycles. The van der Waals surface area contributed by atoms with Crippen LogP contribution in [0.25, 0.3) is 5.78 Å². The molecule has 0 spiro atoms. The summed E-state index contributed by atoms with van der Waals surface area (Å²) in [6.07, 6.45) is 1.50. The molecule has 1 aromatic carbocycles. The first-order chi connectivity index (χ1) is 10.7. The monoisotopic (exact) mass is 297 g/mol. The Balaban J connectivity index is 1.66. The number of fused-ring (bicyclic) bond motifs is 2. The van der Waals surface area contributed by atoms with Gasteiger partial charge >= 0.3 is 0 Å². The summed E-state index contributed by atoms with van der Waals surface area (Å²) in [6, 6.07) is 7.97. The number of hydrogen-bond donors (Lipinski definition) is 1. The standard InChI is InChI=1S/C15H15N5O2/c1-9-5-14(20-15(18-9)16-7-17-20)19-10(2)11-3-4-12-13(6-11)22-8-21-12/h3-7,10,19H,8H2,1-2H3. The van der Waals surface area contributed by atoms with E-state index in [1.54, 1.807) is 4.52 Å². The molecule has 0 fully saturated rings. The number of anilines is 1. The summed E-state index contributed by atoms with van der Waals surface area (Å²) in [5.41, 5.74) is 1.99. The van der Waals surface area contributed by atoms with Crippen molar-refractivity contribution in [2.45, 2.75) is 19.9 Å². The summed E-state index contributed by atoms with van der Waals surface area (Å²) in [4.78, 5) is 8.47. The van der Waals surface area contributed by atoms with Gasteiger partial charge in [0, 0.05) is 11.8 Å². The maximum absolute atomic E-state index is 5.43. The van der Waals surface area contributed by atoms with Gasteiger partial charge in [-0.15, -0.1) is 0 Å². The first-order valence-corrected chi connectivity index (χ1v) is 7.04. The predicted molar refractivity (Wildman–Crippen MR) is 80.1 cm³/mol. The molecule has 7 nitrogen and oxygen atoms in total. The van der Waals surface area contributed by atoms with Gasteiger partial charge in [0.05, 0.1) is 6.04 Å². The van der Waals surface area contributed by atoms with Crippen molar-refractivity contribution >= 4 is 11.6 Å². The Morgan fingerprint density at radius 2 is 2.09 bits per heavy atom. The van der Waals surface area contributed by atoms with E-state index in [-0.39, 0.29) is 12.8 Å². The fourth-order valence-corrected chi connectivity index (χ4v) is 2.52. The van der Waals surface area contributed by atoms with Crippen molar-refractivity contribution in [3.63, 3.8) is 0 Å². The number of hydrogen-bond acceptors (Lipinski definition) is 6. The van der Waals surface area contributed by atoms with Crippen LogP contribution in [-0.4, -0.2) is 26.4 Å². The minimum Gasteiger partial charge on any atom is -0.454 e. The van der Waals surface area contributed by atoms with E-state index < -0.39 is 0 Å². The van der Waals surface area contributed by atoms with E-state index in [1.807, 2.05) is 31.2 Å². The molecule has 0 saturated heterocycles. The number of nitrogens with one attached hydrogen (secondary N) is 1. The summed E-state index contributed by atoms with van der Waals surface area (Å²) < 4.78 is 12.5. The average molecular weight is 297 g/mol. The molecule has 22 heavy (non-hydrogen) atoms. The zero-order chi connectivity index (χ0) is 15.1. The van der Waals surface area contributed by atoms with Crippen molar-refractivity contribution in [2.75, 3.05) is 12.1 Å². The van der Waals surface area contributed by atoms with Gasteiger partial charge in [0.2, 0.25) is 6.79 Å². The largest absolute Gasteiger partial charge is 0.454 e. The van der Waals surface area contributed by atoms with Gasteiger partial charge in [-0.1, -0.05) is 6.07 Å². The fourth-order valence-electron chi connectivity index (χ4n) is 2.52. The summed E-state index contributed by atoms with van der Waals surface area (Å²) >= 11 is 0. The van der Waals surface area contributed by atoms with Gasteiger partial charge < -0.3 is 14.8 Å². The first kappa shape index (κ1) is 12.9. The Bertz CT molecular complexity index is 845. The fraction of sp³-hybridized carbons (Fsp3) is 0.267. The second-order valence-corrected chi connectivity index (χ2v) is 5.23. The molecule has 0 amide bonds. The first-order valence-electron chi connectivity index (χ1n) is 7.04. The summed E-state index contributed by atoms with van der Waals surface area (Å²) in [7, 11) is 0. The van der Waals surface area contributed by atoms with E-state index in [4.69, 9.17) is 9.47 Å². The molecule has 0 radical (unpaired) electrons. The van der Waals surface area contributed by atoms with Gasteiger partial charge in [0.1, 0.15) is 12.1 Å². The van der Waals surface area contributed by atoms with Crippen LogP contribution < -0.4 is 14.8 Å². The van der Waals surface area contributed by atoms with Crippen LogP contribution in [0.15, 0.2) is 30.6 Å². The Hall–Kier alpha value is -2.83. The third-order valence-corrected chi connectivity index (χ3v) is 3.64. The Kier molecular flexibility index (Phi) is 2.85. The van der Waals surface area contributed by atoms with E-state index in [0.29, 0.717) is 5.78 Å². The second kappa shape index (κ2) is 4.87. The van der Waals surface area contributed by atoms with E-state index in [2.05, 4.69) is 27.3 Å². The molecule has 2 aromatic heterocycles. The van der Waals surface area contributed by atoms with Crippen molar-refractivity contribution < 1.29 is 9.47 Å². The minimum absolute atomic E-state index is 0.0729. The molecule has 7 heteroatoms. The van der Waals surface area contributed by atoms with Crippen molar-refractivity contribution in [3.8, 4) is 11.5 Å². The number of aryl methyl sites for hydroxylation is 1. The molecule has 0 aliphatic carbocycles. The smallest absolute Gasteiger partial charge is 0.254 e. The van der Waals surface area contributed by atoms with Crippen molar-refractivity contribution in [3.05, 3.63) is 41.9 Å². The van der Waals surface area contributed by atoms with Crippen LogP contribution in [-0.2, 0) is 0 Å². The van der Waals surface area contributed by atoms with E-state index in [9.17, 15) is 0 Å². The highest BCUT2D eigenvalue weighted by molar-refractivity contribution is 5.49. The molecule has 4 rings (SSSR count). The number of nitrogens with zero attached hydrogens (tertiary/aromatic N) is 4. The van der Waals surface area contributed by atoms with Crippen LogP contribution >= 0.6 is 0 Å². The second-order valence-electron chi connectivity index (χ2n) is 5.23. The molecule has 112 valence electrons. The SMILES string of the molecule is Cc1cc(NC(C)c2ccc3c(c2)OCO3)n2ncnc2n1. The van der Waals surface area contributed by atoms with Crippen LogP contribution in [0.5, 0.6) is 11.5 Å². The summed E-state index contributed by atoms with van der Waals surface area (Å²) in [5, 5.41) is 7.64. The molecule has 0 saturated carbocycles. The zero-order valence-electron chi connectivity index (χ0n) is 12.3. The van der Waals surface area contributed by atoms with Gasteiger partial charge in [-0.05, 0) is 31.5 Å². The maximum atomic E-state index is 5.43. The van der Waals surface area contributed by atoms with Gasteiger partial charge in [-0.3, -0.25) is 0 Å². The number of ether oxygens (including phenoxy) is 2. The van der Waals surface area contributed by atoms with Crippen molar-refractivity contribution in [2.24, 2.45) is 0 Å². The highest BCUT2D eigenvalue weighted by Gasteiger charge is 2.16. The highest BCUT2D eigenvalue weighted by atomic mass is 16.7. The molecule has 1 N–H and O–H groups in total. The third kappa shape index (κ3) is 2.11. The summed E-state index contributed by atoms with van der Waals surface area (Å²) in [5.74, 6) is 3.00. The van der Waals surface area contributed by atoms with Crippen molar-refractivity contribution in [1.29, 1.82) is 0 Å². The number of benzene rings is 1. The maximum Gasteiger partial charge on any atom is 0.254 e. The topological polar surface area (TPSA) is 73.6 Å². The van der Waals surface area contributed by atoms with E-state index in [0.717, 1.165) is 28.6 Å². The molecular weight excluding hydrogens is 282 g/mol. The average Bonchev–Trinajstić information content (AvgIpc) is 3.14. The minimum atomic E-state index is 0.0729. The molecule has 1 atom stereocenters. The van der Waals surface area contributed by atoms with Crippen LogP contribution in [0.1, 0.15) is 24.2 Å². The molecule has 1 aliphatic rings. The molecule has 3 aromatic rings. The van der Waals surface area contributed by atoms with E-state index >= 15 is 0 Å². The Morgan fingerprint density at radius 3 is 3.00 bits per heavy atom. The van der Waals surface area contributed by atoms with E-state index in [1.165, 1.54) is 6.33 Å². The van der Waals surface area contributed by atoms with Gasteiger partial charge in [0.25, 0.3) is 5.78 Å². The highest BCUT2D eigenvalue weighted by Crippen LogP contribution is 2.34. The summed E-state index contributed by atoms with van der Waals surface area (Å²) in [6.45, 7) is 4.30. The number of aromatic nitrogens is 4. The third-order valence-electron chi connectivity index (χ3n) is 3.64. The van der Waals surface area contributed by atoms with Crippen LogP contribution in [0, 0.1) is 6.92 Å². The Labute approximate surface area is 126 Å². The van der Waals surface area contributed by atoms with Gasteiger partial charge in [0.15, 0.2) is 11.5 Å². The number of rotatable bonds is 3. The molecular formula is C15H15N5O2.